The number of aliphatic imine (C=N–C) groups is 1. The topological polar surface area (TPSA) is 25.5 Å². The summed E-state index contributed by atoms with van der Waals surface area (Å²) in [5, 5.41) is 7.56. The van der Waals surface area contributed by atoms with Gasteiger partial charge in [-0.15, -0.1) is 0 Å². The molecular weight excluding hydrogens is 597 g/mol. The quantitative estimate of drug-likeness (QED) is 0.190. The highest BCUT2D eigenvalue weighted by molar-refractivity contribution is 6.27. The van der Waals surface area contributed by atoms with Crippen molar-refractivity contribution < 1.29 is 0 Å². The fraction of sp³-hybridized carbons (Fsp3) is 0.0889. The van der Waals surface area contributed by atoms with E-state index in [4.69, 9.17) is 4.99 Å². The monoisotopic (exact) mass is 630 g/mol. The van der Waals surface area contributed by atoms with Gasteiger partial charge in [0.2, 0.25) is 0 Å². The van der Waals surface area contributed by atoms with Crippen LogP contribution >= 0.6 is 0 Å². The van der Waals surface area contributed by atoms with E-state index in [1.165, 1.54) is 60.1 Å². The Hall–Kier alpha value is -6.13. The summed E-state index contributed by atoms with van der Waals surface area (Å²) < 4.78 is 5.12. The van der Waals surface area contributed by atoms with Crippen molar-refractivity contribution in [3.8, 4) is 0 Å². The predicted octanol–water partition coefficient (Wildman–Crippen LogP) is 11.2. The molecule has 0 spiro atoms. The Balaban J connectivity index is 1.37. The van der Waals surface area contributed by atoms with Gasteiger partial charge >= 0.3 is 0 Å². The number of benzene rings is 6. The molecule has 2 aliphatic rings. The second-order valence-corrected chi connectivity index (χ2v) is 13.1. The normalized spacial score (nSPS) is 16.6. The number of allylic oxidation sites excluding steroid dienone is 4. The second-order valence-electron chi connectivity index (χ2n) is 13.1. The van der Waals surface area contributed by atoms with E-state index in [-0.39, 0.29) is 6.17 Å². The van der Waals surface area contributed by atoms with Crippen molar-refractivity contribution in [1.82, 2.24) is 14.0 Å². The Morgan fingerprint density at radius 2 is 1.22 bits per heavy atom. The van der Waals surface area contributed by atoms with E-state index in [9.17, 15) is 0 Å². The third-order valence-electron chi connectivity index (χ3n) is 10.3. The summed E-state index contributed by atoms with van der Waals surface area (Å²) >= 11 is 0. The highest BCUT2D eigenvalue weighted by Gasteiger charge is 2.30. The first-order valence-electron chi connectivity index (χ1n) is 17.1. The van der Waals surface area contributed by atoms with E-state index < -0.39 is 0 Å². The first kappa shape index (κ1) is 27.9. The van der Waals surface area contributed by atoms with Crippen LogP contribution in [0.25, 0.3) is 65.8 Å². The van der Waals surface area contributed by atoms with E-state index in [2.05, 4.69) is 179 Å². The molecule has 0 bridgehead atoms. The molecule has 3 heterocycles. The SMILES string of the molecule is CN1C(c2ccccc2)=NC(c2ccccc2)=CC1n1c2ccccc2c2ccc3c4ccc5ccccc5c4n(C4=CCCC=C4)c3c21. The van der Waals surface area contributed by atoms with Crippen LogP contribution in [0.15, 0.2) is 163 Å². The Bertz CT molecular complexity index is 2720. The molecule has 0 amide bonds. The first-order valence-corrected chi connectivity index (χ1v) is 17.1. The third kappa shape index (κ3) is 4.20. The minimum atomic E-state index is -0.144. The number of fused-ring (bicyclic) bond motifs is 9. The summed E-state index contributed by atoms with van der Waals surface area (Å²) in [4.78, 5) is 7.65. The molecule has 1 aliphatic carbocycles. The molecule has 49 heavy (non-hydrogen) atoms. The molecule has 1 atom stereocenters. The minimum Gasteiger partial charge on any atom is -0.335 e. The van der Waals surface area contributed by atoms with Crippen LogP contribution in [0.1, 0.15) is 30.1 Å². The minimum absolute atomic E-state index is 0.144. The van der Waals surface area contributed by atoms with E-state index in [1.54, 1.807) is 0 Å². The summed E-state index contributed by atoms with van der Waals surface area (Å²) in [6, 6.07) is 48.2. The van der Waals surface area contributed by atoms with Crippen LogP contribution in [-0.4, -0.2) is 26.9 Å². The standard InChI is InChI=1S/C45H34N4/c1-47-41(29-39(31-16-5-2-6-17-31)46-45(47)32-18-7-3-8-19-32)49-40-24-14-13-23-35(40)36-27-28-38-37-26-25-30-15-11-12-22-34(30)42(37)48(43(38)44(36)49)33-20-9-4-10-21-33/h2-3,5-9,11-29,41H,4,10H2,1H3. The third-order valence-corrected chi connectivity index (χ3v) is 10.3. The maximum Gasteiger partial charge on any atom is 0.138 e. The van der Waals surface area contributed by atoms with Gasteiger partial charge in [-0.3, -0.25) is 0 Å². The van der Waals surface area contributed by atoms with Crippen molar-refractivity contribution in [2.75, 3.05) is 7.05 Å². The molecular formula is C45H34N4. The number of aromatic nitrogens is 2. The maximum atomic E-state index is 5.31. The van der Waals surface area contributed by atoms with Crippen LogP contribution in [-0.2, 0) is 0 Å². The van der Waals surface area contributed by atoms with Gasteiger partial charge in [0.05, 0.1) is 27.8 Å². The zero-order valence-corrected chi connectivity index (χ0v) is 27.3. The molecule has 1 aliphatic heterocycles. The molecule has 0 fully saturated rings. The molecule has 8 aromatic rings. The lowest BCUT2D eigenvalue weighted by Gasteiger charge is -2.35. The highest BCUT2D eigenvalue weighted by atomic mass is 15.3. The molecule has 0 saturated carbocycles. The largest absolute Gasteiger partial charge is 0.335 e. The highest BCUT2D eigenvalue weighted by Crippen LogP contribution is 2.45. The number of hydrogen-bond donors (Lipinski definition) is 0. The summed E-state index contributed by atoms with van der Waals surface area (Å²) in [6.45, 7) is 0. The molecule has 4 nitrogen and oxygen atoms in total. The molecule has 0 N–H and O–H groups in total. The number of nitrogens with zero attached hydrogens (tertiary/aromatic N) is 4. The summed E-state index contributed by atoms with van der Waals surface area (Å²) in [6.07, 6.45) is 11.3. The lowest BCUT2D eigenvalue weighted by atomic mass is 10.0. The summed E-state index contributed by atoms with van der Waals surface area (Å²) in [5.41, 5.74) is 9.35. The van der Waals surface area contributed by atoms with Crippen molar-refractivity contribution in [2.24, 2.45) is 4.99 Å². The van der Waals surface area contributed by atoms with Crippen molar-refractivity contribution in [3.63, 3.8) is 0 Å². The molecule has 4 heteroatoms. The Labute approximate surface area is 284 Å². The van der Waals surface area contributed by atoms with Gasteiger partial charge in [-0.1, -0.05) is 140 Å². The van der Waals surface area contributed by atoms with Crippen LogP contribution < -0.4 is 0 Å². The smallest absolute Gasteiger partial charge is 0.138 e. The molecule has 234 valence electrons. The predicted molar refractivity (Wildman–Crippen MR) is 207 cm³/mol. The molecule has 0 radical (unpaired) electrons. The second kappa shape index (κ2) is 11.0. The maximum absolute atomic E-state index is 5.31. The van der Waals surface area contributed by atoms with E-state index in [0.717, 1.165) is 35.5 Å². The van der Waals surface area contributed by atoms with Gasteiger partial charge in [-0.25, -0.2) is 4.99 Å². The average Bonchev–Trinajstić information content (AvgIpc) is 3.69. The fourth-order valence-electron chi connectivity index (χ4n) is 8.12. The van der Waals surface area contributed by atoms with Gasteiger partial charge in [0.25, 0.3) is 0 Å². The number of para-hydroxylation sites is 1. The van der Waals surface area contributed by atoms with Gasteiger partial charge < -0.3 is 14.0 Å². The lowest BCUT2D eigenvalue weighted by Crippen LogP contribution is -2.36. The van der Waals surface area contributed by atoms with Crippen LogP contribution in [0.4, 0.5) is 0 Å². The van der Waals surface area contributed by atoms with Crippen LogP contribution in [0.5, 0.6) is 0 Å². The van der Waals surface area contributed by atoms with Crippen molar-refractivity contribution in [3.05, 3.63) is 169 Å². The number of rotatable bonds is 4. The summed E-state index contributed by atoms with van der Waals surface area (Å²) in [5.74, 6) is 0.953. The van der Waals surface area contributed by atoms with Gasteiger partial charge in [-0.2, -0.15) is 0 Å². The van der Waals surface area contributed by atoms with E-state index in [0.29, 0.717) is 0 Å². The van der Waals surface area contributed by atoms with E-state index >= 15 is 0 Å². The molecule has 10 rings (SSSR count). The average molecular weight is 631 g/mol. The van der Waals surface area contributed by atoms with Gasteiger partial charge in [0.1, 0.15) is 12.0 Å². The summed E-state index contributed by atoms with van der Waals surface area (Å²) in [7, 11) is 2.19. The van der Waals surface area contributed by atoms with Crippen molar-refractivity contribution in [2.45, 2.75) is 19.0 Å². The Kier molecular flexibility index (Phi) is 6.25. The van der Waals surface area contributed by atoms with Crippen molar-refractivity contribution >= 4 is 71.6 Å². The van der Waals surface area contributed by atoms with Gasteiger partial charge in [0, 0.05) is 50.8 Å². The Morgan fingerprint density at radius 3 is 2.00 bits per heavy atom. The zero-order chi connectivity index (χ0) is 32.5. The zero-order valence-electron chi connectivity index (χ0n) is 27.3. The van der Waals surface area contributed by atoms with Crippen molar-refractivity contribution in [1.29, 1.82) is 0 Å². The van der Waals surface area contributed by atoms with E-state index in [1.807, 2.05) is 0 Å². The van der Waals surface area contributed by atoms with Crippen LogP contribution in [0.2, 0.25) is 0 Å². The molecule has 2 aromatic heterocycles. The first-order chi connectivity index (χ1) is 24.3. The molecule has 6 aromatic carbocycles. The van der Waals surface area contributed by atoms with Crippen LogP contribution in [0.3, 0.4) is 0 Å². The lowest BCUT2D eigenvalue weighted by molar-refractivity contribution is 0.349. The number of hydrogen-bond acceptors (Lipinski definition) is 2. The van der Waals surface area contributed by atoms with Gasteiger partial charge in [0.15, 0.2) is 0 Å². The number of amidine groups is 1. The fourth-order valence-corrected chi connectivity index (χ4v) is 8.12. The number of likely N-dealkylation sites (N-methyl/N-ethyl adjacent to an activating group) is 1. The Morgan fingerprint density at radius 1 is 0.571 bits per heavy atom. The molecule has 0 saturated heterocycles. The molecule has 1 unspecified atom stereocenters. The van der Waals surface area contributed by atoms with Crippen LogP contribution in [0, 0.1) is 0 Å². The van der Waals surface area contributed by atoms with Gasteiger partial charge in [-0.05, 0) is 36.4 Å².